The van der Waals surface area contributed by atoms with Gasteiger partial charge in [-0.05, 0) is 32.3 Å². The van der Waals surface area contributed by atoms with Crippen LogP contribution in [-0.4, -0.2) is 63.1 Å². The van der Waals surface area contributed by atoms with E-state index in [0.29, 0.717) is 19.3 Å². The molecule has 3 heterocycles. The number of aromatic nitrogens is 3. The third-order valence-corrected chi connectivity index (χ3v) is 4.95. The molecule has 1 unspecified atom stereocenters. The molecular formula is C19H24F3N5O4. The maximum atomic E-state index is 10.6. The van der Waals surface area contributed by atoms with Crippen molar-refractivity contribution in [1.82, 2.24) is 20.0 Å². The first-order valence-electron chi connectivity index (χ1n) is 9.86. The SMILES string of the molecule is Cc1cc(CN2CCOCC2c2nccc(NC3CCC3)n2)no1.O=C(O)C(F)(F)F. The number of anilines is 1. The van der Waals surface area contributed by atoms with Gasteiger partial charge in [0.2, 0.25) is 0 Å². The lowest BCUT2D eigenvalue weighted by Crippen LogP contribution is -2.40. The summed E-state index contributed by atoms with van der Waals surface area (Å²) in [4.78, 5) is 20.4. The Morgan fingerprint density at radius 3 is 2.71 bits per heavy atom. The molecule has 2 fully saturated rings. The molecule has 2 N–H and O–H groups in total. The van der Waals surface area contributed by atoms with Gasteiger partial charge in [-0.1, -0.05) is 5.16 Å². The van der Waals surface area contributed by atoms with Crippen molar-refractivity contribution in [3.05, 3.63) is 35.6 Å². The van der Waals surface area contributed by atoms with Crippen LogP contribution in [0.2, 0.25) is 0 Å². The van der Waals surface area contributed by atoms with E-state index in [1.807, 2.05) is 25.3 Å². The molecular weight excluding hydrogens is 419 g/mol. The van der Waals surface area contributed by atoms with Gasteiger partial charge in [-0.15, -0.1) is 0 Å². The number of halogens is 3. The third-order valence-electron chi connectivity index (χ3n) is 4.95. The number of aryl methyl sites for hydroxylation is 1. The van der Waals surface area contributed by atoms with Gasteiger partial charge in [-0.3, -0.25) is 4.90 Å². The third kappa shape index (κ3) is 6.62. The molecule has 1 atom stereocenters. The highest BCUT2D eigenvalue weighted by molar-refractivity contribution is 5.73. The highest BCUT2D eigenvalue weighted by atomic mass is 19.4. The Kier molecular flexibility index (Phi) is 7.44. The Morgan fingerprint density at radius 2 is 2.13 bits per heavy atom. The van der Waals surface area contributed by atoms with E-state index in [1.165, 1.54) is 19.3 Å². The number of ether oxygens (including phenoxy) is 1. The van der Waals surface area contributed by atoms with E-state index >= 15 is 0 Å². The van der Waals surface area contributed by atoms with E-state index in [1.54, 1.807) is 0 Å². The second kappa shape index (κ2) is 10.1. The fraction of sp³-hybridized carbons (Fsp3) is 0.579. The first-order valence-corrected chi connectivity index (χ1v) is 9.86. The number of carbonyl (C=O) groups is 1. The zero-order valence-electron chi connectivity index (χ0n) is 16.9. The van der Waals surface area contributed by atoms with Crippen molar-refractivity contribution < 1.29 is 32.3 Å². The van der Waals surface area contributed by atoms with Gasteiger partial charge in [0.1, 0.15) is 17.4 Å². The summed E-state index contributed by atoms with van der Waals surface area (Å²) in [7, 11) is 0. The predicted octanol–water partition coefficient (Wildman–Crippen LogP) is 2.94. The Labute approximate surface area is 176 Å². The molecule has 0 aromatic carbocycles. The molecule has 1 aliphatic carbocycles. The molecule has 0 bridgehead atoms. The van der Waals surface area contributed by atoms with Crippen molar-refractivity contribution in [3.8, 4) is 0 Å². The standard InChI is InChI=1S/C17H23N5O2.C2HF3O2/c1-12-9-14(21-24-12)10-22-7-8-23-11-15(22)17-18-6-5-16(20-17)19-13-3-2-4-13;3-2(4,5)1(6)7/h5-6,9,13,15H,2-4,7-8,10-11H2,1H3,(H,18,19,20);(H,6,7). The largest absolute Gasteiger partial charge is 0.490 e. The molecule has 2 aromatic rings. The number of carboxylic acids is 1. The number of nitrogens with one attached hydrogen (secondary N) is 1. The fourth-order valence-electron chi connectivity index (χ4n) is 3.14. The van der Waals surface area contributed by atoms with E-state index in [4.69, 9.17) is 24.1 Å². The van der Waals surface area contributed by atoms with Gasteiger partial charge in [-0.25, -0.2) is 14.8 Å². The van der Waals surface area contributed by atoms with E-state index in [9.17, 15) is 13.2 Å². The quantitative estimate of drug-likeness (QED) is 0.720. The summed E-state index contributed by atoms with van der Waals surface area (Å²) >= 11 is 0. The number of morpholine rings is 1. The molecule has 9 nitrogen and oxygen atoms in total. The molecule has 0 radical (unpaired) electrons. The second-order valence-corrected chi connectivity index (χ2v) is 7.37. The van der Waals surface area contributed by atoms with Crippen molar-refractivity contribution in [3.63, 3.8) is 0 Å². The molecule has 1 aliphatic heterocycles. The fourth-order valence-corrected chi connectivity index (χ4v) is 3.14. The van der Waals surface area contributed by atoms with Crippen LogP contribution in [-0.2, 0) is 16.1 Å². The zero-order chi connectivity index (χ0) is 22.4. The number of aliphatic carboxylic acids is 1. The molecule has 2 aliphatic rings. The molecule has 0 spiro atoms. The summed E-state index contributed by atoms with van der Waals surface area (Å²) in [6, 6.07) is 4.52. The summed E-state index contributed by atoms with van der Waals surface area (Å²) in [5.41, 5.74) is 0.933. The monoisotopic (exact) mass is 443 g/mol. The van der Waals surface area contributed by atoms with Gasteiger partial charge in [-0.2, -0.15) is 13.2 Å². The van der Waals surface area contributed by atoms with Gasteiger partial charge >= 0.3 is 12.1 Å². The highest BCUT2D eigenvalue weighted by Gasteiger charge is 2.38. The smallest absolute Gasteiger partial charge is 0.475 e. The number of hydrogen-bond donors (Lipinski definition) is 2. The van der Waals surface area contributed by atoms with Gasteiger partial charge < -0.3 is 19.7 Å². The average Bonchev–Trinajstić information content (AvgIpc) is 3.10. The number of alkyl halides is 3. The first kappa shape index (κ1) is 22.9. The normalized spacial score (nSPS) is 19.8. The Hall–Kier alpha value is -2.73. The van der Waals surface area contributed by atoms with Crippen molar-refractivity contribution in [2.75, 3.05) is 25.1 Å². The van der Waals surface area contributed by atoms with Crippen LogP contribution in [0.1, 0.15) is 42.6 Å². The minimum Gasteiger partial charge on any atom is -0.475 e. The molecule has 2 aromatic heterocycles. The molecule has 4 rings (SSSR count). The van der Waals surface area contributed by atoms with Crippen molar-refractivity contribution in [1.29, 1.82) is 0 Å². The Morgan fingerprint density at radius 1 is 1.39 bits per heavy atom. The van der Waals surface area contributed by atoms with Crippen LogP contribution in [0.3, 0.4) is 0 Å². The summed E-state index contributed by atoms with van der Waals surface area (Å²) in [6.07, 6.45) is 0.500. The number of rotatable bonds is 5. The van der Waals surface area contributed by atoms with E-state index in [2.05, 4.69) is 20.4 Å². The number of hydrogen-bond acceptors (Lipinski definition) is 8. The van der Waals surface area contributed by atoms with Crippen LogP contribution in [0, 0.1) is 6.92 Å². The topological polar surface area (TPSA) is 114 Å². The minimum absolute atomic E-state index is 0.0406. The first-order chi connectivity index (χ1) is 14.7. The lowest BCUT2D eigenvalue weighted by atomic mass is 9.93. The lowest BCUT2D eigenvalue weighted by Gasteiger charge is -2.34. The molecule has 0 amide bonds. The van der Waals surface area contributed by atoms with Crippen LogP contribution in [0.4, 0.5) is 19.0 Å². The summed E-state index contributed by atoms with van der Waals surface area (Å²) < 4.78 is 42.6. The average molecular weight is 443 g/mol. The second-order valence-electron chi connectivity index (χ2n) is 7.37. The van der Waals surface area contributed by atoms with Gasteiger partial charge in [0.25, 0.3) is 0 Å². The van der Waals surface area contributed by atoms with E-state index in [-0.39, 0.29) is 6.04 Å². The maximum absolute atomic E-state index is 10.6. The van der Waals surface area contributed by atoms with Crippen LogP contribution < -0.4 is 5.32 Å². The molecule has 31 heavy (non-hydrogen) atoms. The highest BCUT2D eigenvalue weighted by Crippen LogP contribution is 2.26. The number of nitrogens with zero attached hydrogens (tertiary/aromatic N) is 4. The lowest BCUT2D eigenvalue weighted by molar-refractivity contribution is -0.192. The summed E-state index contributed by atoms with van der Waals surface area (Å²) in [5.74, 6) is -0.211. The van der Waals surface area contributed by atoms with Crippen molar-refractivity contribution in [2.45, 2.75) is 51.0 Å². The minimum atomic E-state index is -5.08. The molecule has 170 valence electrons. The van der Waals surface area contributed by atoms with Crippen LogP contribution in [0.25, 0.3) is 0 Å². The molecule has 1 saturated carbocycles. The Balaban J connectivity index is 0.000000339. The van der Waals surface area contributed by atoms with Crippen LogP contribution in [0.5, 0.6) is 0 Å². The number of carboxylic acid groups (broad SMARTS) is 1. The summed E-state index contributed by atoms with van der Waals surface area (Å²) in [5, 5.41) is 14.7. The zero-order valence-corrected chi connectivity index (χ0v) is 16.9. The molecule has 12 heteroatoms. The van der Waals surface area contributed by atoms with Crippen molar-refractivity contribution in [2.24, 2.45) is 0 Å². The van der Waals surface area contributed by atoms with Gasteiger partial charge in [0.05, 0.1) is 24.9 Å². The van der Waals surface area contributed by atoms with Crippen LogP contribution >= 0.6 is 0 Å². The summed E-state index contributed by atoms with van der Waals surface area (Å²) in [6.45, 7) is 4.78. The Bertz CT molecular complexity index is 872. The maximum Gasteiger partial charge on any atom is 0.490 e. The van der Waals surface area contributed by atoms with Crippen LogP contribution in [0.15, 0.2) is 22.9 Å². The van der Waals surface area contributed by atoms with Crippen molar-refractivity contribution >= 4 is 11.8 Å². The predicted molar refractivity (Wildman–Crippen MR) is 102 cm³/mol. The van der Waals surface area contributed by atoms with E-state index < -0.39 is 12.1 Å². The molecule has 1 saturated heterocycles. The van der Waals surface area contributed by atoms with Gasteiger partial charge in [0, 0.05) is 31.4 Å². The van der Waals surface area contributed by atoms with E-state index in [0.717, 1.165) is 36.2 Å². The van der Waals surface area contributed by atoms with Gasteiger partial charge in [0.15, 0.2) is 0 Å².